The van der Waals surface area contributed by atoms with Crippen molar-refractivity contribution in [1.82, 2.24) is 0 Å². The Hall–Kier alpha value is -2.47. The second-order valence-corrected chi connectivity index (χ2v) is 5.18. The number of hydrogen-bond acceptors (Lipinski definition) is 4. The van der Waals surface area contributed by atoms with Crippen molar-refractivity contribution in [3.05, 3.63) is 69.5 Å². The second-order valence-electron chi connectivity index (χ2n) is 5.18. The molecule has 0 fully saturated rings. The summed E-state index contributed by atoms with van der Waals surface area (Å²) in [5.74, 6) is -0.352. The summed E-state index contributed by atoms with van der Waals surface area (Å²) in [7, 11) is 1.79. The molecule has 22 heavy (non-hydrogen) atoms. The van der Waals surface area contributed by atoms with Gasteiger partial charge in [0, 0.05) is 30.9 Å². The Labute approximate surface area is 127 Å². The highest BCUT2D eigenvalue weighted by molar-refractivity contribution is 5.55. The molecule has 0 bridgehead atoms. The van der Waals surface area contributed by atoms with Gasteiger partial charge in [0.25, 0.3) is 5.69 Å². The van der Waals surface area contributed by atoms with Gasteiger partial charge in [0.1, 0.15) is 5.82 Å². The Morgan fingerprint density at radius 1 is 1.27 bits per heavy atom. The van der Waals surface area contributed by atoms with E-state index in [4.69, 9.17) is 0 Å². The predicted molar refractivity (Wildman–Crippen MR) is 82.5 cm³/mol. The van der Waals surface area contributed by atoms with Gasteiger partial charge in [-0.3, -0.25) is 10.1 Å². The van der Waals surface area contributed by atoms with Crippen molar-refractivity contribution in [3.8, 4) is 0 Å². The van der Waals surface area contributed by atoms with E-state index in [1.54, 1.807) is 31.0 Å². The third kappa shape index (κ3) is 3.59. The summed E-state index contributed by atoms with van der Waals surface area (Å²) < 4.78 is 12.9. The Bertz CT molecular complexity index is 674. The van der Waals surface area contributed by atoms with Crippen molar-refractivity contribution in [3.63, 3.8) is 0 Å². The SMILES string of the molecule is Cc1cc(N(C)CC(O)c2ccc(F)cc2)ccc1[N+](=O)[O-]. The van der Waals surface area contributed by atoms with Crippen LogP contribution in [0.5, 0.6) is 0 Å². The molecule has 1 N–H and O–H groups in total. The summed E-state index contributed by atoms with van der Waals surface area (Å²) >= 11 is 0. The van der Waals surface area contributed by atoms with Crippen LogP contribution in [0.3, 0.4) is 0 Å². The number of nitro groups is 1. The smallest absolute Gasteiger partial charge is 0.272 e. The Balaban J connectivity index is 2.11. The molecular formula is C16H17FN2O3. The predicted octanol–water partition coefficient (Wildman–Crippen LogP) is 3.21. The molecule has 0 radical (unpaired) electrons. The van der Waals surface area contributed by atoms with Gasteiger partial charge in [-0.2, -0.15) is 0 Å². The van der Waals surface area contributed by atoms with E-state index in [9.17, 15) is 19.6 Å². The van der Waals surface area contributed by atoms with Crippen molar-refractivity contribution >= 4 is 11.4 Å². The number of likely N-dealkylation sites (N-methyl/N-ethyl adjacent to an activating group) is 1. The zero-order chi connectivity index (χ0) is 16.3. The molecule has 1 unspecified atom stereocenters. The molecule has 0 heterocycles. The fourth-order valence-electron chi connectivity index (χ4n) is 2.24. The fourth-order valence-corrected chi connectivity index (χ4v) is 2.24. The molecule has 2 aromatic carbocycles. The van der Waals surface area contributed by atoms with E-state index in [2.05, 4.69) is 0 Å². The summed E-state index contributed by atoms with van der Waals surface area (Å²) in [4.78, 5) is 12.2. The molecule has 0 aliphatic rings. The Kier molecular flexibility index (Phi) is 4.72. The normalized spacial score (nSPS) is 12.0. The average molecular weight is 304 g/mol. The fraction of sp³-hybridized carbons (Fsp3) is 0.250. The maximum atomic E-state index is 12.9. The van der Waals surface area contributed by atoms with Crippen LogP contribution in [0, 0.1) is 22.9 Å². The lowest BCUT2D eigenvalue weighted by Crippen LogP contribution is -2.24. The first-order valence-corrected chi connectivity index (χ1v) is 6.78. The number of aliphatic hydroxyl groups is 1. The topological polar surface area (TPSA) is 66.6 Å². The van der Waals surface area contributed by atoms with Gasteiger partial charge >= 0.3 is 0 Å². The minimum atomic E-state index is -0.777. The Morgan fingerprint density at radius 2 is 1.91 bits per heavy atom. The maximum absolute atomic E-state index is 12.9. The monoisotopic (exact) mass is 304 g/mol. The molecule has 0 saturated heterocycles. The van der Waals surface area contributed by atoms with Crippen LogP contribution in [-0.4, -0.2) is 23.6 Å². The lowest BCUT2D eigenvalue weighted by molar-refractivity contribution is -0.385. The Morgan fingerprint density at radius 3 is 2.45 bits per heavy atom. The third-order valence-corrected chi connectivity index (χ3v) is 3.52. The number of aryl methyl sites for hydroxylation is 1. The van der Waals surface area contributed by atoms with Crippen LogP contribution in [-0.2, 0) is 0 Å². The molecule has 0 spiro atoms. The molecule has 5 nitrogen and oxygen atoms in total. The van der Waals surface area contributed by atoms with E-state index >= 15 is 0 Å². The molecule has 116 valence electrons. The van der Waals surface area contributed by atoms with Crippen LogP contribution in [0.15, 0.2) is 42.5 Å². The number of benzene rings is 2. The van der Waals surface area contributed by atoms with Crippen molar-refractivity contribution < 1.29 is 14.4 Å². The number of hydrogen-bond donors (Lipinski definition) is 1. The number of anilines is 1. The van der Waals surface area contributed by atoms with Crippen molar-refractivity contribution in [2.24, 2.45) is 0 Å². The standard InChI is InChI=1S/C16H17FN2O3/c1-11-9-14(7-8-15(11)19(21)22)18(2)10-16(20)12-3-5-13(17)6-4-12/h3-9,16,20H,10H2,1-2H3. The third-order valence-electron chi connectivity index (χ3n) is 3.52. The number of nitrogens with zero attached hydrogens (tertiary/aromatic N) is 2. The van der Waals surface area contributed by atoms with Gasteiger partial charge in [-0.25, -0.2) is 4.39 Å². The van der Waals surface area contributed by atoms with Crippen LogP contribution in [0.2, 0.25) is 0 Å². The minimum absolute atomic E-state index is 0.0660. The maximum Gasteiger partial charge on any atom is 0.272 e. The lowest BCUT2D eigenvalue weighted by Gasteiger charge is -2.23. The zero-order valence-corrected chi connectivity index (χ0v) is 12.4. The van der Waals surface area contributed by atoms with Gasteiger partial charge < -0.3 is 10.0 Å². The molecule has 1 atom stereocenters. The van der Waals surface area contributed by atoms with E-state index in [-0.39, 0.29) is 11.5 Å². The van der Waals surface area contributed by atoms with Crippen LogP contribution in [0.4, 0.5) is 15.8 Å². The molecule has 6 heteroatoms. The molecule has 0 aromatic heterocycles. The quantitative estimate of drug-likeness (QED) is 0.680. The highest BCUT2D eigenvalue weighted by atomic mass is 19.1. The number of halogens is 1. The molecule has 2 aromatic rings. The summed E-state index contributed by atoms with van der Waals surface area (Å²) in [6.07, 6.45) is -0.777. The molecule has 0 saturated carbocycles. The summed E-state index contributed by atoms with van der Waals surface area (Å²) in [6.45, 7) is 1.97. The number of rotatable bonds is 5. The minimum Gasteiger partial charge on any atom is -0.387 e. The molecular weight excluding hydrogens is 287 g/mol. The molecule has 0 aliphatic carbocycles. The van der Waals surface area contributed by atoms with E-state index < -0.39 is 11.0 Å². The van der Waals surface area contributed by atoms with Crippen LogP contribution >= 0.6 is 0 Å². The largest absolute Gasteiger partial charge is 0.387 e. The van der Waals surface area contributed by atoms with E-state index in [1.165, 1.54) is 30.3 Å². The summed E-state index contributed by atoms with van der Waals surface area (Å²) in [5, 5.41) is 21.0. The number of nitro benzene ring substituents is 1. The summed E-state index contributed by atoms with van der Waals surface area (Å²) in [6, 6.07) is 10.5. The number of aliphatic hydroxyl groups excluding tert-OH is 1. The molecule has 0 amide bonds. The second kappa shape index (κ2) is 6.53. The van der Waals surface area contributed by atoms with Gasteiger partial charge in [-0.1, -0.05) is 12.1 Å². The van der Waals surface area contributed by atoms with Gasteiger partial charge in [0.2, 0.25) is 0 Å². The van der Waals surface area contributed by atoms with Crippen molar-refractivity contribution in [2.45, 2.75) is 13.0 Å². The van der Waals surface area contributed by atoms with E-state index in [0.29, 0.717) is 17.7 Å². The first-order chi connectivity index (χ1) is 10.4. The van der Waals surface area contributed by atoms with E-state index in [0.717, 1.165) is 5.69 Å². The highest BCUT2D eigenvalue weighted by Crippen LogP contribution is 2.25. The first kappa shape index (κ1) is 15.9. The van der Waals surface area contributed by atoms with Gasteiger partial charge in [0.05, 0.1) is 11.0 Å². The average Bonchev–Trinajstić information content (AvgIpc) is 2.47. The van der Waals surface area contributed by atoms with E-state index in [1.807, 2.05) is 0 Å². The van der Waals surface area contributed by atoms with Gasteiger partial charge in [-0.15, -0.1) is 0 Å². The van der Waals surface area contributed by atoms with Crippen molar-refractivity contribution in [1.29, 1.82) is 0 Å². The molecule has 2 rings (SSSR count). The van der Waals surface area contributed by atoms with Crippen LogP contribution < -0.4 is 4.90 Å². The zero-order valence-electron chi connectivity index (χ0n) is 12.4. The first-order valence-electron chi connectivity index (χ1n) is 6.78. The summed E-state index contributed by atoms with van der Waals surface area (Å²) in [5.41, 5.74) is 2.01. The highest BCUT2D eigenvalue weighted by Gasteiger charge is 2.15. The molecule has 0 aliphatic heterocycles. The van der Waals surface area contributed by atoms with Gasteiger partial charge in [-0.05, 0) is 36.8 Å². The van der Waals surface area contributed by atoms with Crippen LogP contribution in [0.25, 0.3) is 0 Å². The van der Waals surface area contributed by atoms with Crippen molar-refractivity contribution in [2.75, 3.05) is 18.5 Å². The van der Waals surface area contributed by atoms with Crippen LogP contribution in [0.1, 0.15) is 17.2 Å². The lowest BCUT2D eigenvalue weighted by atomic mass is 10.1. The van der Waals surface area contributed by atoms with Gasteiger partial charge in [0.15, 0.2) is 0 Å².